The van der Waals surface area contributed by atoms with Crippen LogP contribution in [0.15, 0.2) is 0 Å². The Balaban J connectivity index is 1.26. The molecule has 2 aliphatic heterocycles. The number of aryl methyl sites for hydroxylation is 1. The van der Waals surface area contributed by atoms with Gasteiger partial charge in [0, 0.05) is 37.4 Å². The highest BCUT2D eigenvalue weighted by molar-refractivity contribution is 6.00. The molecule has 1 aromatic heterocycles. The molecule has 206 valence electrons. The molecule has 1 spiro atoms. The van der Waals surface area contributed by atoms with Gasteiger partial charge in [-0.1, -0.05) is 58.3 Å². The third kappa shape index (κ3) is 5.35. The van der Waals surface area contributed by atoms with Gasteiger partial charge in [0.1, 0.15) is 11.6 Å². The number of piperazine rings is 1. The SMILES string of the molecule is CCCCN1C(=O)C(CC2CCCCC2)NC(=O)C12CCN(Cc1c(C)nn(C3CCCC3)c1C)CC2. The highest BCUT2D eigenvalue weighted by Gasteiger charge is 2.53. The summed E-state index contributed by atoms with van der Waals surface area (Å²) >= 11 is 0. The fourth-order valence-corrected chi connectivity index (χ4v) is 7.66. The van der Waals surface area contributed by atoms with Crippen molar-refractivity contribution in [3.05, 3.63) is 17.0 Å². The molecule has 2 saturated heterocycles. The van der Waals surface area contributed by atoms with Crippen LogP contribution in [-0.2, 0) is 16.1 Å². The van der Waals surface area contributed by atoms with Crippen molar-refractivity contribution in [2.45, 2.75) is 135 Å². The third-order valence-electron chi connectivity index (χ3n) is 10.0. The maximum atomic E-state index is 13.8. The number of hydrogen-bond donors (Lipinski definition) is 1. The van der Waals surface area contributed by atoms with Gasteiger partial charge >= 0.3 is 0 Å². The van der Waals surface area contributed by atoms with E-state index in [0.29, 0.717) is 18.5 Å². The Morgan fingerprint density at radius 3 is 2.32 bits per heavy atom. The predicted molar refractivity (Wildman–Crippen MR) is 146 cm³/mol. The van der Waals surface area contributed by atoms with E-state index in [1.54, 1.807) is 0 Å². The second-order valence-electron chi connectivity index (χ2n) is 12.4. The molecule has 1 atom stereocenters. The van der Waals surface area contributed by atoms with Gasteiger partial charge in [0.15, 0.2) is 0 Å². The van der Waals surface area contributed by atoms with Gasteiger partial charge in [-0.25, -0.2) is 0 Å². The molecule has 0 aromatic carbocycles. The first-order valence-electron chi connectivity index (χ1n) is 15.3. The van der Waals surface area contributed by atoms with Crippen molar-refractivity contribution in [3.63, 3.8) is 0 Å². The number of rotatable bonds is 8. The lowest BCUT2D eigenvalue weighted by atomic mass is 9.79. The number of aromatic nitrogens is 2. The van der Waals surface area contributed by atoms with Gasteiger partial charge in [-0.05, 0) is 58.3 Å². The molecule has 2 saturated carbocycles. The van der Waals surface area contributed by atoms with Gasteiger partial charge in [0.05, 0.1) is 11.7 Å². The summed E-state index contributed by atoms with van der Waals surface area (Å²) in [7, 11) is 0. The van der Waals surface area contributed by atoms with Gasteiger partial charge in [0.25, 0.3) is 0 Å². The maximum Gasteiger partial charge on any atom is 0.246 e. The highest BCUT2D eigenvalue weighted by Crippen LogP contribution is 2.37. The third-order valence-corrected chi connectivity index (χ3v) is 10.0. The average Bonchev–Trinajstić information content (AvgIpc) is 3.53. The molecule has 7 heteroatoms. The van der Waals surface area contributed by atoms with Gasteiger partial charge < -0.3 is 10.2 Å². The van der Waals surface area contributed by atoms with Crippen LogP contribution in [0.4, 0.5) is 0 Å². The van der Waals surface area contributed by atoms with Crippen LogP contribution in [0.1, 0.15) is 120 Å². The molecule has 5 rings (SSSR count). The minimum atomic E-state index is -0.677. The van der Waals surface area contributed by atoms with Crippen molar-refractivity contribution in [3.8, 4) is 0 Å². The van der Waals surface area contributed by atoms with E-state index in [0.717, 1.165) is 57.4 Å². The van der Waals surface area contributed by atoms with Crippen LogP contribution in [-0.4, -0.2) is 62.6 Å². The first-order valence-corrected chi connectivity index (χ1v) is 15.3. The van der Waals surface area contributed by atoms with E-state index in [2.05, 4.69) is 35.7 Å². The zero-order valence-corrected chi connectivity index (χ0v) is 23.6. The molecule has 1 aromatic rings. The number of unbranched alkanes of at least 4 members (excludes halogenated alkanes) is 1. The number of piperidine rings is 1. The topological polar surface area (TPSA) is 70.5 Å². The molecule has 0 bridgehead atoms. The molecule has 7 nitrogen and oxygen atoms in total. The lowest BCUT2D eigenvalue weighted by Crippen LogP contribution is -2.73. The number of nitrogens with zero attached hydrogens (tertiary/aromatic N) is 4. The van der Waals surface area contributed by atoms with Gasteiger partial charge in [0.2, 0.25) is 11.8 Å². The van der Waals surface area contributed by atoms with Gasteiger partial charge in [-0.15, -0.1) is 0 Å². The zero-order valence-electron chi connectivity index (χ0n) is 23.6. The van der Waals surface area contributed by atoms with E-state index in [4.69, 9.17) is 5.10 Å². The summed E-state index contributed by atoms with van der Waals surface area (Å²) in [5, 5.41) is 8.17. The van der Waals surface area contributed by atoms with Crippen molar-refractivity contribution >= 4 is 11.8 Å². The molecule has 4 aliphatic rings. The number of likely N-dealkylation sites (tertiary alicyclic amines) is 1. The Morgan fingerprint density at radius 1 is 0.973 bits per heavy atom. The molecular formula is C30H49N5O2. The summed E-state index contributed by atoms with van der Waals surface area (Å²) in [6, 6.07) is 0.227. The standard InChI is InChI=1S/C30H49N5O2/c1-4-5-17-34-28(36)27(20-24-11-7-6-8-12-24)31-29(37)30(34)15-18-33(19-16-30)21-26-22(2)32-35(23(26)3)25-13-9-10-14-25/h24-25,27H,4-21H2,1-3H3,(H,31,37). The van der Waals surface area contributed by atoms with E-state index in [1.165, 1.54) is 69.0 Å². The summed E-state index contributed by atoms with van der Waals surface area (Å²) in [5.74, 6) is 0.852. The van der Waals surface area contributed by atoms with E-state index >= 15 is 0 Å². The van der Waals surface area contributed by atoms with E-state index in [-0.39, 0.29) is 17.9 Å². The van der Waals surface area contributed by atoms with Crippen LogP contribution in [0.2, 0.25) is 0 Å². The molecule has 3 heterocycles. The Labute approximate surface area is 223 Å². The Morgan fingerprint density at radius 2 is 1.65 bits per heavy atom. The van der Waals surface area contributed by atoms with Crippen LogP contribution in [0.25, 0.3) is 0 Å². The fraction of sp³-hybridized carbons (Fsp3) is 0.833. The smallest absolute Gasteiger partial charge is 0.246 e. The van der Waals surface area contributed by atoms with Crippen molar-refractivity contribution in [1.29, 1.82) is 0 Å². The predicted octanol–water partition coefficient (Wildman–Crippen LogP) is 5.05. The first-order chi connectivity index (χ1) is 17.9. The van der Waals surface area contributed by atoms with Crippen LogP contribution >= 0.6 is 0 Å². The first kappa shape index (κ1) is 26.7. The molecule has 2 amide bonds. The second kappa shape index (κ2) is 11.5. The molecule has 37 heavy (non-hydrogen) atoms. The van der Waals surface area contributed by atoms with E-state index in [1.807, 2.05) is 4.90 Å². The number of hydrogen-bond acceptors (Lipinski definition) is 4. The monoisotopic (exact) mass is 511 g/mol. The van der Waals surface area contributed by atoms with Gasteiger partial charge in [-0.3, -0.25) is 19.2 Å². The largest absolute Gasteiger partial charge is 0.342 e. The molecule has 0 radical (unpaired) electrons. The van der Waals surface area contributed by atoms with E-state index in [9.17, 15) is 9.59 Å². The minimum Gasteiger partial charge on any atom is -0.342 e. The normalized spacial score (nSPS) is 25.8. The van der Waals surface area contributed by atoms with Crippen LogP contribution in [0, 0.1) is 19.8 Å². The summed E-state index contributed by atoms with van der Waals surface area (Å²) < 4.78 is 2.29. The lowest BCUT2D eigenvalue weighted by Gasteiger charge is -2.52. The fourth-order valence-electron chi connectivity index (χ4n) is 7.66. The van der Waals surface area contributed by atoms with Crippen LogP contribution < -0.4 is 5.32 Å². The molecule has 1 N–H and O–H groups in total. The van der Waals surface area contributed by atoms with Gasteiger partial charge in [-0.2, -0.15) is 5.10 Å². The number of amides is 2. The van der Waals surface area contributed by atoms with Crippen molar-refractivity contribution in [2.24, 2.45) is 5.92 Å². The van der Waals surface area contributed by atoms with E-state index < -0.39 is 5.54 Å². The number of carbonyl (C=O) groups excluding carboxylic acids is 2. The van der Waals surface area contributed by atoms with Crippen molar-refractivity contribution in [1.82, 2.24) is 24.9 Å². The quantitative estimate of drug-likeness (QED) is 0.530. The van der Waals surface area contributed by atoms with Crippen molar-refractivity contribution in [2.75, 3.05) is 19.6 Å². The van der Waals surface area contributed by atoms with Crippen LogP contribution in [0.3, 0.4) is 0 Å². The molecule has 4 fully saturated rings. The summed E-state index contributed by atoms with van der Waals surface area (Å²) in [4.78, 5) is 32.0. The second-order valence-corrected chi connectivity index (χ2v) is 12.4. The number of nitrogens with one attached hydrogen (secondary N) is 1. The Hall–Kier alpha value is -1.89. The highest BCUT2D eigenvalue weighted by atomic mass is 16.2. The minimum absolute atomic E-state index is 0.102. The molecular weight excluding hydrogens is 462 g/mol. The van der Waals surface area contributed by atoms with Crippen molar-refractivity contribution < 1.29 is 9.59 Å². The maximum absolute atomic E-state index is 13.8. The lowest BCUT2D eigenvalue weighted by molar-refractivity contribution is -0.162. The van der Waals surface area contributed by atoms with Crippen LogP contribution in [0.5, 0.6) is 0 Å². The Kier molecular flexibility index (Phi) is 8.28. The summed E-state index contributed by atoms with van der Waals surface area (Å²) in [6.45, 7) is 9.80. The number of carbonyl (C=O) groups is 2. The zero-order chi connectivity index (χ0) is 26.0. The summed E-state index contributed by atoms with van der Waals surface area (Å²) in [6.07, 6.45) is 15.6. The Bertz CT molecular complexity index is 951. The summed E-state index contributed by atoms with van der Waals surface area (Å²) in [5.41, 5.74) is 3.13. The average molecular weight is 512 g/mol. The molecule has 1 unspecified atom stereocenters. The molecule has 2 aliphatic carbocycles.